The van der Waals surface area contributed by atoms with Gasteiger partial charge in [0.05, 0.1) is 18.5 Å². The number of ether oxygens (including phenoxy) is 1. The lowest BCUT2D eigenvalue weighted by Crippen LogP contribution is -2.26. The monoisotopic (exact) mass is 397 g/mol. The van der Waals surface area contributed by atoms with Crippen LogP contribution < -0.4 is 10.1 Å². The third kappa shape index (κ3) is 4.25. The number of benzene rings is 3. The maximum absolute atomic E-state index is 12.9. The van der Waals surface area contributed by atoms with Crippen LogP contribution in [0.4, 0.5) is 0 Å². The molecule has 0 aliphatic heterocycles. The van der Waals surface area contributed by atoms with E-state index < -0.39 is 0 Å². The second-order valence-electron chi connectivity index (χ2n) is 6.90. The Morgan fingerprint density at radius 1 is 0.967 bits per heavy atom. The smallest absolute Gasteiger partial charge is 0.251 e. The number of nitrogens with one attached hydrogen (secondary N) is 2. The van der Waals surface area contributed by atoms with Crippen LogP contribution in [0, 0.1) is 0 Å². The fourth-order valence-electron chi connectivity index (χ4n) is 3.45. The van der Waals surface area contributed by atoms with Crippen LogP contribution in [0.5, 0.6) is 5.75 Å². The van der Waals surface area contributed by atoms with Gasteiger partial charge in [-0.3, -0.25) is 9.89 Å². The van der Waals surface area contributed by atoms with Crippen LogP contribution in [-0.2, 0) is 6.42 Å². The average molecular weight is 397 g/mol. The Morgan fingerprint density at radius 2 is 1.70 bits per heavy atom. The van der Waals surface area contributed by atoms with Crippen molar-refractivity contribution in [1.82, 2.24) is 15.5 Å². The van der Waals surface area contributed by atoms with Crippen molar-refractivity contribution >= 4 is 5.91 Å². The molecule has 150 valence electrons. The van der Waals surface area contributed by atoms with Gasteiger partial charge in [-0.1, -0.05) is 66.7 Å². The summed E-state index contributed by atoms with van der Waals surface area (Å²) < 4.78 is 5.38. The zero-order chi connectivity index (χ0) is 20.8. The summed E-state index contributed by atoms with van der Waals surface area (Å²) in [5.74, 6) is 0.717. The molecule has 0 saturated carbocycles. The summed E-state index contributed by atoms with van der Waals surface area (Å²) in [5.41, 5.74) is 5.18. The molecular formula is C25H23N3O2. The Bertz CT molecular complexity index is 1140. The number of H-pyrrole nitrogens is 1. The van der Waals surface area contributed by atoms with Gasteiger partial charge < -0.3 is 10.1 Å². The molecule has 0 fully saturated rings. The van der Waals surface area contributed by atoms with Crippen molar-refractivity contribution in [3.63, 3.8) is 0 Å². The number of aromatic amines is 1. The van der Waals surface area contributed by atoms with E-state index in [-0.39, 0.29) is 5.91 Å². The molecule has 0 unspecified atom stereocenters. The van der Waals surface area contributed by atoms with Crippen LogP contribution in [0.3, 0.4) is 0 Å². The number of rotatable bonds is 7. The Labute approximate surface area is 175 Å². The predicted octanol–water partition coefficient (Wildman–Crippen LogP) is 4.72. The number of carbonyl (C=O) groups excluding carboxylic acids is 1. The number of hydrogen-bond acceptors (Lipinski definition) is 3. The lowest BCUT2D eigenvalue weighted by Gasteiger charge is -2.11. The maximum Gasteiger partial charge on any atom is 0.251 e. The lowest BCUT2D eigenvalue weighted by molar-refractivity contribution is 0.0954. The number of para-hydroxylation sites is 1. The second kappa shape index (κ2) is 9.09. The van der Waals surface area contributed by atoms with Crippen LogP contribution in [0.1, 0.15) is 15.9 Å². The van der Waals surface area contributed by atoms with E-state index in [1.807, 2.05) is 84.9 Å². The second-order valence-corrected chi connectivity index (χ2v) is 6.90. The Hall–Kier alpha value is -3.86. The van der Waals surface area contributed by atoms with Crippen LogP contribution in [0.25, 0.3) is 22.5 Å². The molecule has 0 aliphatic rings. The molecule has 0 saturated heterocycles. The van der Waals surface area contributed by atoms with Crippen LogP contribution in [-0.4, -0.2) is 29.8 Å². The third-order valence-electron chi connectivity index (χ3n) is 4.98. The van der Waals surface area contributed by atoms with Crippen molar-refractivity contribution in [2.45, 2.75) is 6.42 Å². The molecule has 1 aromatic heterocycles. The largest absolute Gasteiger partial charge is 0.496 e. The van der Waals surface area contributed by atoms with Crippen LogP contribution in [0.15, 0.2) is 84.9 Å². The van der Waals surface area contributed by atoms with E-state index in [1.54, 1.807) is 7.11 Å². The number of nitrogens with zero attached hydrogens (tertiary/aromatic N) is 1. The first-order valence-electron chi connectivity index (χ1n) is 9.86. The highest BCUT2D eigenvalue weighted by Gasteiger charge is 2.15. The van der Waals surface area contributed by atoms with Gasteiger partial charge in [-0.15, -0.1) is 0 Å². The minimum absolute atomic E-state index is 0.114. The highest BCUT2D eigenvalue weighted by Crippen LogP contribution is 2.26. The van der Waals surface area contributed by atoms with E-state index in [2.05, 4.69) is 15.5 Å². The highest BCUT2D eigenvalue weighted by atomic mass is 16.5. The van der Waals surface area contributed by atoms with E-state index in [1.165, 1.54) is 0 Å². The summed E-state index contributed by atoms with van der Waals surface area (Å²) in [6.45, 7) is 0.520. The quantitative estimate of drug-likeness (QED) is 0.474. The summed E-state index contributed by atoms with van der Waals surface area (Å²) in [4.78, 5) is 12.9. The van der Waals surface area contributed by atoms with E-state index in [0.717, 1.165) is 33.8 Å². The minimum Gasteiger partial charge on any atom is -0.496 e. The molecule has 5 heteroatoms. The van der Waals surface area contributed by atoms with Crippen molar-refractivity contribution < 1.29 is 9.53 Å². The molecule has 3 aromatic carbocycles. The van der Waals surface area contributed by atoms with Gasteiger partial charge in [0, 0.05) is 23.2 Å². The fourth-order valence-corrected chi connectivity index (χ4v) is 3.45. The number of aromatic nitrogens is 2. The molecule has 0 radical (unpaired) electrons. The Morgan fingerprint density at radius 3 is 2.53 bits per heavy atom. The molecule has 5 nitrogen and oxygen atoms in total. The normalized spacial score (nSPS) is 10.6. The molecule has 4 aromatic rings. The van der Waals surface area contributed by atoms with Gasteiger partial charge in [0.1, 0.15) is 5.75 Å². The molecule has 0 atom stereocenters. The molecular weight excluding hydrogens is 374 g/mol. The first-order chi connectivity index (χ1) is 14.8. The molecule has 1 heterocycles. The van der Waals surface area contributed by atoms with E-state index in [0.29, 0.717) is 18.5 Å². The summed E-state index contributed by atoms with van der Waals surface area (Å²) >= 11 is 0. The molecule has 0 bridgehead atoms. The van der Waals surface area contributed by atoms with Gasteiger partial charge in [0.2, 0.25) is 0 Å². The predicted molar refractivity (Wildman–Crippen MR) is 118 cm³/mol. The first kappa shape index (κ1) is 19.5. The summed E-state index contributed by atoms with van der Waals surface area (Å²) in [6, 6.07) is 27.3. The van der Waals surface area contributed by atoms with Crippen molar-refractivity contribution in [3.8, 4) is 28.3 Å². The van der Waals surface area contributed by atoms with E-state index >= 15 is 0 Å². The van der Waals surface area contributed by atoms with Crippen molar-refractivity contribution in [1.29, 1.82) is 0 Å². The van der Waals surface area contributed by atoms with Crippen molar-refractivity contribution in [2.24, 2.45) is 0 Å². The van der Waals surface area contributed by atoms with Crippen molar-refractivity contribution in [2.75, 3.05) is 13.7 Å². The topological polar surface area (TPSA) is 67.0 Å². The lowest BCUT2D eigenvalue weighted by atomic mass is 10.0. The molecule has 4 rings (SSSR count). The number of hydrogen-bond donors (Lipinski definition) is 2. The third-order valence-corrected chi connectivity index (χ3v) is 4.98. The minimum atomic E-state index is -0.114. The number of carbonyl (C=O) groups is 1. The fraction of sp³-hybridized carbons (Fsp3) is 0.120. The standard InChI is InChI=1S/C25H23N3O2/c1-30-24-14-8-5-11-19(24)15-16-26-25(29)21-13-7-6-12-20(21)23-17-22(27-28-23)18-9-3-2-4-10-18/h2-14,17H,15-16H2,1H3,(H,26,29)(H,27,28). The highest BCUT2D eigenvalue weighted by molar-refractivity contribution is 6.00. The molecule has 0 spiro atoms. The molecule has 0 aliphatic carbocycles. The maximum atomic E-state index is 12.9. The van der Waals surface area contributed by atoms with Gasteiger partial charge >= 0.3 is 0 Å². The van der Waals surface area contributed by atoms with Gasteiger partial charge in [-0.25, -0.2) is 0 Å². The van der Waals surface area contributed by atoms with Gasteiger partial charge in [0.15, 0.2) is 0 Å². The Balaban J connectivity index is 1.49. The molecule has 30 heavy (non-hydrogen) atoms. The number of methoxy groups -OCH3 is 1. The average Bonchev–Trinajstić information content (AvgIpc) is 3.30. The molecule has 1 amide bonds. The zero-order valence-corrected chi connectivity index (χ0v) is 16.8. The summed E-state index contributed by atoms with van der Waals surface area (Å²) in [7, 11) is 1.65. The van der Waals surface area contributed by atoms with E-state index in [4.69, 9.17) is 4.74 Å². The van der Waals surface area contributed by atoms with Gasteiger partial charge in [0.25, 0.3) is 5.91 Å². The summed E-state index contributed by atoms with van der Waals surface area (Å²) in [6.07, 6.45) is 0.695. The van der Waals surface area contributed by atoms with Crippen LogP contribution in [0.2, 0.25) is 0 Å². The summed E-state index contributed by atoms with van der Waals surface area (Å²) in [5, 5.41) is 10.5. The van der Waals surface area contributed by atoms with Crippen molar-refractivity contribution in [3.05, 3.63) is 96.1 Å². The van der Waals surface area contributed by atoms with E-state index in [9.17, 15) is 4.79 Å². The van der Waals surface area contributed by atoms with Gasteiger partial charge in [-0.05, 0) is 30.2 Å². The molecule has 2 N–H and O–H groups in total. The zero-order valence-electron chi connectivity index (χ0n) is 16.8. The first-order valence-corrected chi connectivity index (χ1v) is 9.86. The van der Waals surface area contributed by atoms with Crippen LogP contribution >= 0.6 is 0 Å². The SMILES string of the molecule is COc1ccccc1CCNC(=O)c1ccccc1-c1cc(-c2ccccc2)n[nH]1. The Kier molecular flexibility index (Phi) is 5.90. The van der Waals surface area contributed by atoms with Gasteiger partial charge in [-0.2, -0.15) is 5.10 Å². The number of amides is 1.